The molecule has 1 aromatic heterocycles. The number of hydrogen-bond donors (Lipinski definition) is 1. The van der Waals surface area contributed by atoms with Gasteiger partial charge in [0.25, 0.3) is 0 Å². The number of rotatable bonds is 9. The summed E-state index contributed by atoms with van der Waals surface area (Å²) in [6.45, 7) is 0.775. The fourth-order valence-electron chi connectivity index (χ4n) is 2.76. The summed E-state index contributed by atoms with van der Waals surface area (Å²) in [5, 5.41) is 0. The first-order valence-electron chi connectivity index (χ1n) is 8.93. The van der Waals surface area contributed by atoms with E-state index in [1.54, 1.807) is 35.4 Å². The van der Waals surface area contributed by atoms with Gasteiger partial charge in [-0.1, -0.05) is 48.5 Å². The minimum absolute atomic E-state index is 0.0273. The molecule has 6 nitrogen and oxygen atoms in total. The van der Waals surface area contributed by atoms with Crippen molar-refractivity contribution in [1.29, 1.82) is 0 Å². The number of carbonyl (C=O) groups excluding carboxylic acids is 1. The minimum Gasteiger partial charge on any atom is -0.467 e. The lowest BCUT2D eigenvalue weighted by Crippen LogP contribution is -2.34. The zero-order valence-corrected chi connectivity index (χ0v) is 16.1. The van der Waals surface area contributed by atoms with E-state index in [4.69, 9.17) is 4.42 Å². The lowest BCUT2D eigenvalue weighted by atomic mass is 10.2. The molecule has 0 radical (unpaired) electrons. The predicted molar refractivity (Wildman–Crippen MR) is 106 cm³/mol. The monoisotopic (exact) mass is 398 g/mol. The maximum Gasteiger partial charge on any atom is 0.240 e. The van der Waals surface area contributed by atoms with Crippen molar-refractivity contribution in [1.82, 2.24) is 9.62 Å². The lowest BCUT2D eigenvalue weighted by Gasteiger charge is -2.22. The van der Waals surface area contributed by atoms with E-state index in [0.29, 0.717) is 18.8 Å². The molecule has 0 saturated heterocycles. The van der Waals surface area contributed by atoms with Gasteiger partial charge >= 0.3 is 0 Å². The van der Waals surface area contributed by atoms with Crippen molar-refractivity contribution < 1.29 is 17.6 Å². The summed E-state index contributed by atoms with van der Waals surface area (Å²) in [6, 6.07) is 21.3. The van der Waals surface area contributed by atoms with Gasteiger partial charge in [0, 0.05) is 19.5 Å². The number of furan rings is 1. The molecule has 7 heteroatoms. The molecule has 0 saturated carbocycles. The standard InChI is InChI=1S/C21H22N2O4S/c24-21(13-14-22-28(25,26)20-11-5-2-6-12-20)23(17-19-10-7-15-27-19)16-18-8-3-1-4-9-18/h1-12,15,22H,13-14,16-17H2. The van der Waals surface area contributed by atoms with E-state index in [-0.39, 0.29) is 23.8 Å². The predicted octanol–water partition coefficient (Wildman–Crippen LogP) is 3.18. The fraction of sp³-hybridized carbons (Fsp3) is 0.190. The van der Waals surface area contributed by atoms with Crippen LogP contribution in [0.1, 0.15) is 17.7 Å². The summed E-state index contributed by atoms with van der Waals surface area (Å²) in [5.74, 6) is 0.519. The molecule has 0 atom stereocenters. The molecular formula is C21H22N2O4S. The summed E-state index contributed by atoms with van der Waals surface area (Å²) >= 11 is 0. The third-order valence-electron chi connectivity index (χ3n) is 4.18. The summed E-state index contributed by atoms with van der Waals surface area (Å²) < 4.78 is 32.4. The van der Waals surface area contributed by atoms with Gasteiger partial charge in [-0.25, -0.2) is 13.1 Å². The van der Waals surface area contributed by atoms with E-state index in [2.05, 4.69) is 4.72 Å². The van der Waals surface area contributed by atoms with E-state index in [0.717, 1.165) is 5.56 Å². The Morgan fingerprint density at radius 3 is 2.21 bits per heavy atom. The summed E-state index contributed by atoms with van der Waals surface area (Å²) in [5.41, 5.74) is 0.993. The molecule has 1 amide bonds. The zero-order valence-electron chi connectivity index (χ0n) is 15.3. The van der Waals surface area contributed by atoms with Crippen LogP contribution in [-0.4, -0.2) is 25.8 Å². The van der Waals surface area contributed by atoms with Crippen molar-refractivity contribution in [2.75, 3.05) is 6.54 Å². The molecule has 1 heterocycles. The highest BCUT2D eigenvalue weighted by Crippen LogP contribution is 2.12. The van der Waals surface area contributed by atoms with Crippen LogP contribution >= 0.6 is 0 Å². The Kier molecular flexibility index (Phi) is 6.62. The van der Waals surface area contributed by atoms with Crippen molar-refractivity contribution in [2.45, 2.75) is 24.4 Å². The van der Waals surface area contributed by atoms with Gasteiger partial charge in [0.15, 0.2) is 0 Å². The molecule has 0 aliphatic heterocycles. The number of benzene rings is 2. The molecule has 0 bridgehead atoms. The van der Waals surface area contributed by atoms with Crippen molar-refractivity contribution in [3.63, 3.8) is 0 Å². The van der Waals surface area contributed by atoms with Crippen LogP contribution in [-0.2, 0) is 27.9 Å². The number of amides is 1. The summed E-state index contributed by atoms with van der Waals surface area (Å²) in [7, 11) is -3.63. The second kappa shape index (κ2) is 9.34. The van der Waals surface area contributed by atoms with Crippen molar-refractivity contribution in [2.24, 2.45) is 0 Å². The molecule has 2 aromatic carbocycles. The van der Waals surface area contributed by atoms with Gasteiger partial charge in [-0.15, -0.1) is 0 Å². The van der Waals surface area contributed by atoms with Gasteiger partial charge in [-0.3, -0.25) is 4.79 Å². The maximum absolute atomic E-state index is 12.7. The smallest absolute Gasteiger partial charge is 0.240 e. The second-order valence-corrected chi connectivity index (χ2v) is 8.04. The molecule has 0 spiro atoms. The third-order valence-corrected chi connectivity index (χ3v) is 5.66. The van der Waals surface area contributed by atoms with E-state index < -0.39 is 10.0 Å². The van der Waals surface area contributed by atoms with Crippen molar-refractivity contribution in [3.8, 4) is 0 Å². The Balaban J connectivity index is 1.62. The van der Waals surface area contributed by atoms with Crippen LogP contribution in [0.25, 0.3) is 0 Å². The number of nitrogens with zero attached hydrogens (tertiary/aromatic N) is 1. The van der Waals surface area contributed by atoms with E-state index in [9.17, 15) is 13.2 Å². The first-order chi connectivity index (χ1) is 13.5. The highest BCUT2D eigenvalue weighted by molar-refractivity contribution is 7.89. The largest absolute Gasteiger partial charge is 0.467 e. The molecular weight excluding hydrogens is 376 g/mol. The molecule has 146 valence electrons. The van der Waals surface area contributed by atoms with Crippen LogP contribution in [0, 0.1) is 0 Å². The van der Waals surface area contributed by atoms with E-state index in [1.807, 2.05) is 36.4 Å². The Hall–Kier alpha value is -2.90. The number of carbonyl (C=O) groups is 1. The van der Waals surface area contributed by atoms with E-state index >= 15 is 0 Å². The first kappa shape index (κ1) is 19.9. The molecule has 3 aromatic rings. The highest BCUT2D eigenvalue weighted by atomic mass is 32.2. The Labute approximate surface area is 164 Å². The van der Waals surface area contributed by atoms with Crippen LogP contribution in [0.5, 0.6) is 0 Å². The molecule has 28 heavy (non-hydrogen) atoms. The normalized spacial score (nSPS) is 11.3. The minimum atomic E-state index is -3.63. The van der Waals surface area contributed by atoms with Gasteiger partial charge in [0.1, 0.15) is 5.76 Å². The Morgan fingerprint density at radius 1 is 0.893 bits per heavy atom. The van der Waals surface area contributed by atoms with Crippen LogP contribution in [0.3, 0.4) is 0 Å². The van der Waals surface area contributed by atoms with Crippen molar-refractivity contribution in [3.05, 3.63) is 90.4 Å². The molecule has 3 rings (SSSR count). The van der Waals surface area contributed by atoms with Gasteiger partial charge in [-0.2, -0.15) is 0 Å². The number of hydrogen-bond acceptors (Lipinski definition) is 4. The average Bonchev–Trinajstić information content (AvgIpc) is 3.22. The first-order valence-corrected chi connectivity index (χ1v) is 10.4. The van der Waals surface area contributed by atoms with Crippen LogP contribution < -0.4 is 4.72 Å². The number of nitrogens with one attached hydrogen (secondary N) is 1. The summed E-state index contributed by atoms with van der Waals surface area (Å²) in [6.07, 6.45) is 1.62. The average molecular weight is 398 g/mol. The van der Waals surface area contributed by atoms with Crippen molar-refractivity contribution >= 4 is 15.9 Å². The topological polar surface area (TPSA) is 79.6 Å². The summed E-state index contributed by atoms with van der Waals surface area (Å²) in [4.78, 5) is 14.6. The molecule has 0 aliphatic carbocycles. The molecule has 0 fully saturated rings. The SMILES string of the molecule is O=C(CCNS(=O)(=O)c1ccccc1)N(Cc1ccccc1)Cc1ccco1. The quantitative estimate of drug-likeness (QED) is 0.600. The Morgan fingerprint density at radius 2 is 1.57 bits per heavy atom. The maximum atomic E-state index is 12.7. The highest BCUT2D eigenvalue weighted by Gasteiger charge is 2.18. The van der Waals surface area contributed by atoms with Gasteiger partial charge in [-0.05, 0) is 29.8 Å². The molecule has 0 aliphatic rings. The van der Waals surface area contributed by atoms with Crippen LogP contribution in [0.2, 0.25) is 0 Å². The van der Waals surface area contributed by atoms with Gasteiger partial charge in [0.05, 0.1) is 17.7 Å². The lowest BCUT2D eigenvalue weighted by molar-refractivity contribution is -0.132. The van der Waals surface area contributed by atoms with Gasteiger partial charge in [0.2, 0.25) is 15.9 Å². The van der Waals surface area contributed by atoms with Gasteiger partial charge < -0.3 is 9.32 Å². The fourth-order valence-corrected chi connectivity index (χ4v) is 3.81. The zero-order chi connectivity index (χ0) is 19.8. The molecule has 0 unspecified atom stereocenters. The Bertz CT molecular complexity index is 972. The second-order valence-electron chi connectivity index (χ2n) is 6.28. The van der Waals surface area contributed by atoms with E-state index in [1.165, 1.54) is 12.1 Å². The third kappa shape index (κ3) is 5.55. The van der Waals surface area contributed by atoms with Crippen LogP contribution in [0.4, 0.5) is 0 Å². The number of sulfonamides is 1. The molecule has 1 N–H and O–H groups in total. The van der Waals surface area contributed by atoms with Crippen LogP contribution in [0.15, 0.2) is 88.4 Å².